The van der Waals surface area contributed by atoms with E-state index in [4.69, 9.17) is 11.6 Å². The lowest BCUT2D eigenvalue weighted by molar-refractivity contribution is 0.0716. The molecule has 0 atom stereocenters. The number of aromatic amines is 1. The fourth-order valence-electron chi connectivity index (χ4n) is 3.29. The molecule has 7 heteroatoms. The molecule has 2 heterocycles. The van der Waals surface area contributed by atoms with Crippen molar-refractivity contribution in [3.8, 4) is 5.75 Å². The summed E-state index contributed by atoms with van der Waals surface area (Å²) in [6.07, 6.45) is 6.59. The molecule has 1 aromatic heterocycles. The molecule has 2 N–H and O–H groups in total. The monoisotopic (exact) mass is 376 g/mol. The molecule has 1 amide bonds. The second-order valence-electron chi connectivity index (χ2n) is 6.73. The molecular weight excluding hydrogens is 352 g/mol. The number of rotatable bonds is 6. The Morgan fingerprint density at radius 2 is 2.00 bits per heavy atom. The van der Waals surface area contributed by atoms with Gasteiger partial charge in [-0.2, -0.15) is 5.10 Å². The number of benzene rings is 1. The van der Waals surface area contributed by atoms with Gasteiger partial charge in [-0.1, -0.05) is 30.5 Å². The Bertz CT molecular complexity index is 712. The van der Waals surface area contributed by atoms with Gasteiger partial charge in [0.05, 0.1) is 0 Å². The summed E-state index contributed by atoms with van der Waals surface area (Å²) in [7, 11) is 0. The highest BCUT2D eigenvalue weighted by molar-refractivity contribution is 6.31. The molecule has 0 radical (unpaired) electrons. The Labute approximate surface area is 158 Å². The standard InChI is InChI=1S/C19H25ClN4O2/c20-17-13-16(25)6-5-15(17)14-24(19(26)18-7-8-21-22-18)12-11-23-9-3-1-2-4-10-23/h5-8,13,25H,1-4,9-12,14H2,(H,21,22). The summed E-state index contributed by atoms with van der Waals surface area (Å²) in [5.74, 6) is 0.0243. The van der Waals surface area contributed by atoms with Gasteiger partial charge in [0.2, 0.25) is 0 Å². The van der Waals surface area contributed by atoms with Crippen molar-refractivity contribution in [2.24, 2.45) is 0 Å². The second kappa shape index (κ2) is 9.05. The number of aromatic hydroxyl groups is 1. The van der Waals surface area contributed by atoms with Crippen LogP contribution in [-0.2, 0) is 6.54 Å². The molecule has 1 aromatic carbocycles. The smallest absolute Gasteiger partial charge is 0.272 e. The summed E-state index contributed by atoms with van der Waals surface area (Å²) >= 11 is 6.25. The number of H-pyrrole nitrogens is 1. The molecule has 140 valence electrons. The number of likely N-dealkylation sites (tertiary alicyclic amines) is 1. The molecule has 0 aliphatic carbocycles. The first kappa shape index (κ1) is 18.7. The predicted molar refractivity (Wildman–Crippen MR) is 101 cm³/mol. The van der Waals surface area contributed by atoms with Crippen molar-refractivity contribution < 1.29 is 9.90 Å². The van der Waals surface area contributed by atoms with Crippen LogP contribution in [0.25, 0.3) is 0 Å². The van der Waals surface area contributed by atoms with Crippen LogP contribution < -0.4 is 0 Å². The zero-order valence-corrected chi connectivity index (χ0v) is 15.6. The highest BCUT2D eigenvalue weighted by Crippen LogP contribution is 2.23. The van der Waals surface area contributed by atoms with Crippen LogP contribution in [0.5, 0.6) is 5.75 Å². The molecule has 0 spiro atoms. The Morgan fingerprint density at radius 1 is 1.23 bits per heavy atom. The van der Waals surface area contributed by atoms with Crippen molar-refractivity contribution in [3.05, 3.63) is 46.7 Å². The maximum atomic E-state index is 12.9. The van der Waals surface area contributed by atoms with Crippen LogP contribution in [0.15, 0.2) is 30.5 Å². The highest BCUT2D eigenvalue weighted by Gasteiger charge is 2.20. The molecule has 6 nitrogen and oxygen atoms in total. The predicted octanol–water partition coefficient (Wildman–Crippen LogP) is 3.29. The van der Waals surface area contributed by atoms with Gasteiger partial charge in [0.1, 0.15) is 11.4 Å². The van der Waals surface area contributed by atoms with E-state index < -0.39 is 0 Å². The molecule has 1 aliphatic rings. The zero-order chi connectivity index (χ0) is 18.4. The third-order valence-electron chi connectivity index (χ3n) is 4.80. The van der Waals surface area contributed by atoms with E-state index in [0.29, 0.717) is 23.8 Å². The number of nitrogens with zero attached hydrogens (tertiary/aromatic N) is 3. The van der Waals surface area contributed by atoms with Gasteiger partial charge in [0.15, 0.2) is 0 Å². The van der Waals surface area contributed by atoms with Gasteiger partial charge in [0.25, 0.3) is 5.91 Å². The molecule has 1 aliphatic heterocycles. The van der Waals surface area contributed by atoms with E-state index in [1.807, 2.05) is 0 Å². The van der Waals surface area contributed by atoms with Crippen molar-refractivity contribution in [2.75, 3.05) is 26.2 Å². The number of amides is 1. The average Bonchev–Trinajstić information content (AvgIpc) is 3.04. The third-order valence-corrected chi connectivity index (χ3v) is 5.15. The molecule has 0 saturated carbocycles. The topological polar surface area (TPSA) is 72.5 Å². The van der Waals surface area contributed by atoms with Gasteiger partial charge < -0.3 is 14.9 Å². The van der Waals surface area contributed by atoms with E-state index in [9.17, 15) is 9.90 Å². The molecule has 1 fully saturated rings. The van der Waals surface area contributed by atoms with Crippen LogP contribution in [0.1, 0.15) is 41.7 Å². The quantitative estimate of drug-likeness (QED) is 0.811. The lowest BCUT2D eigenvalue weighted by Crippen LogP contribution is -2.39. The Hall–Kier alpha value is -2.05. The first-order valence-corrected chi connectivity index (χ1v) is 9.49. The number of carbonyl (C=O) groups excluding carboxylic acids is 1. The number of carbonyl (C=O) groups is 1. The van der Waals surface area contributed by atoms with Crippen LogP contribution >= 0.6 is 11.6 Å². The molecule has 1 saturated heterocycles. The van der Waals surface area contributed by atoms with E-state index in [1.54, 1.807) is 29.3 Å². The normalized spacial score (nSPS) is 15.6. The minimum absolute atomic E-state index is 0.0959. The van der Waals surface area contributed by atoms with E-state index in [-0.39, 0.29) is 11.7 Å². The summed E-state index contributed by atoms with van der Waals surface area (Å²) in [6, 6.07) is 6.54. The van der Waals surface area contributed by atoms with Gasteiger partial charge in [-0.15, -0.1) is 0 Å². The first-order chi connectivity index (χ1) is 12.6. The summed E-state index contributed by atoms with van der Waals surface area (Å²) in [5.41, 5.74) is 1.28. The van der Waals surface area contributed by atoms with Crippen molar-refractivity contribution in [1.82, 2.24) is 20.0 Å². The zero-order valence-electron chi connectivity index (χ0n) is 14.8. The molecule has 3 rings (SSSR count). The SMILES string of the molecule is O=C(c1ccn[nH]1)N(CCN1CCCCCC1)Cc1ccc(O)cc1Cl. The van der Waals surface area contributed by atoms with Crippen LogP contribution in [0.3, 0.4) is 0 Å². The Kier molecular flexibility index (Phi) is 6.52. The van der Waals surface area contributed by atoms with Crippen LogP contribution in [0, 0.1) is 0 Å². The number of phenolic OH excluding ortho intramolecular Hbond substituents is 1. The van der Waals surface area contributed by atoms with E-state index in [2.05, 4.69) is 15.1 Å². The summed E-state index contributed by atoms with van der Waals surface area (Å²) in [4.78, 5) is 17.1. The molecule has 0 bridgehead atoms. The van der Waals surface area contributed by atoms with Gasteiger partial charge in [-0.05, 0) is 49.7 Å². The number of hydrogen-bond donors (Lipinski definition) is 2. The maximum Gasteiger partial charge on any atom is 0.272 e. The van der Waals surface area contributed by atoms with Gasteiger partial charge in [0, 0.05) is 30.9 Å². The molecular formula is C19H25ClN4O2. The number of halogens is 1. The summed E-state index contributed by atoms with van der Waals surface area (Å²) in [5, 5.41) is 16.6. The molecule has 0 unspecified atom stereocenters. The minimum Gasteiger partial charge on any atom is -0.508 e. The highest BCUT2D eigenvalue weighted by atomic mass is 35.5. The van der Waals surface area contributed by atoms with E-state index >= 15 is 0 Å². The fraction of sp³-hybridized carbons (Fsp3) is 0.474. The Balaban J connectivity index is 1.71. The van der Waals surface area contributed by atoms with Crippen LogP contribution in [-0.4, -0.2) is 57.2 Å². The van der Waals surface area contributed by atoms with Crippen molar-refractivity contribution in [1.29, 1.82) is 0 Å². The van der Waals surface area contributed by atoms with Crippen LogP contribution in [0.4, 0.5) is 0 Å². The first-order valence-electron chi connectivity index (χ1n) is 9.12. The Morgan fingerprint density at radius 3 is 2.65 bits per heavy atom. The molecule has 26 heavy (non-hydrogen) atoms. The second-order valence-corrected chi connectivity index (χ2v) is 7.14. The molecule has 2 aromatic rings. The van der Waals surface area contributed by atoms with Gasteiger partial charge >= 0.3 is 0 Å². The fourth-order valence-corrected chi connectivity index (χ4v) is 3.52. The lowest BCUT2D eigenvalue weighted by atomic mass is 10.2. The number of aromatic nitrogens is 2. The number of hydrogen-bond acceptors (Lipinski definition) is 4. The third kappa shape index (κ3) is 4.99. The number of nitrogens with one attached hydrogen (secondary N) is 1. The number of phenols is 1. The minimum atomic E-state index is -0.0959. The lowest BCUT2D eigenvalue weighted by Gasteiger charge is -2.27. The largest absolute Gasteiger partial charge is 0.508 e. The summed E-state index contributed by atoms with van der Waals surface area (Å²) in [6.45, 7) is 4.04. The average molecular weight is 377 g/mol. The maximum absolute atomic E-state index is 12.9. The van der Waals surface area contributed by atoms with E-state index in [0.717, 1.165) is 25.2 Å². The van der Waals surface area contributed by atoms with Gasteiger partial charge in [-0.25, -0.2) is 0 Å². The van der Waals surface area contributed by atoms with E-state index in [1.165, 1.54) is 31.7 Å². The van der Waals surface area contributed by atoms with Crippen molar-refractivity contribution >= 4 is 17.5 Å². The van der Waals surface area contributed by atoms with Crippen molar-refractivity contribution in [2.45, 2.75) is 32.2 Å². The van der Waals surface area contributed by atoms with Crippen LogP contribution in [0.2, 0.25) is 5.02 Å². The summed E-state index contributed by atoms with van der Waals surface area (Å²) < 4.78 is 0. The van der Waals surface area contributed by atoms with Crippen molar-refractivity contribution in [3.63, 3.8) is 0 Å². The van der Waals surface area contributed by atoms with Gasteiger partial charge in [-0.3, -0.25) is 9.89 Å².